The summed E-state index contributed by atoms with van der Waals surface area (Å²) in [6.45, 7) is 6.21. The van der Waals surface area contributed by atoms with Gasteiger partial charge in [-0.05, 0) is 13.8 Å². The molecule has 0 saturated heterocycles. The number of hydrogen-bond donors (Lipinski definition) is 3. The normalized spacial score (nSPS) is 11.3. The number of aliphatic hydroxyl groups excluding tert-OH is 1. The average molecular weight is 249 g/mol. The molecule has 0 unspecified atom stereocenters. The molecule has 0 bridgehead atoms. The number of imidazole rings is 1. The number of nitrogens with one attached hydrogen (secondary N) is 2. The van der Waals surface area contributed by atoms with Crippen molar-refractivity contribution in [2.45, 2.75) is 26.9 Å². The molecule has 2 aromatic heterocycles. The number of hydrogen-bond acceptors (Lipinski definition) is 4. The molecule has 2 rings (SSSR count). The predicted octanol–water partition coefficient (Wildman–Crippen LogP) is 0.744. The molecule has 0 spiro atoms. The van der Waals surface area contributed by atoms with Gasteiger partial charge in [0.1, 0.15) is 5.82 Å². The Kier molecular flexibility index (Phi) is 4.11. The molecule has 3 N–H and O–H groups in total. The summed E-state index contributed by atoms with van der Waals surface area (Å²) in [5, 5.41) is 16.3. The van der Waals surface area contributed by atoms with Gasteiger partial charge in [0.05, 0.1) is 18.8 Å². The third-order valence-corrected chi connectivity index (χ3v) is 3.01. The second-order valence-electron chi connectivity index (χ2n) is 4.38. The molecule has 0 aliphatic carbocycles. The van der Waals surface area contributed by atoms with Crippen LogP contribution in [0.25, 0.3) is 0 Å². The van der Waals surface area contributed by atoms with Gasteiger partial charge in [0.2, 0.25) is 0 Å². The molecular weight excluding hydrogens is 230 g/mol. The van der Waals surface area contributed by atoms with E-state index in [0.717, 1.165) is 23.8 Å². The lowest BCUT2D eigenvalue weighted by atomic mass is 10.2. The molecule has 0 aliphatic heterocycles. The predicted molar refractivity (Wildman–Crippen MR) is 67.8 cm³/mol. The first kappa shape index (κ1) is 12.8. The van der Waals surface area contributed by atoms with Crippen LogP contribution in [0.15, 0.2) is 12.4 Å². The molecule has 6 heteroatoms. The minimum Gasteiger partial charge on any atom is -0.395 e. The van der Waals surface area contributed by atoms with Gasteiger partial charge in [-0.15, -0.1) is 0 Å². The third kappa shape index (κ3) is 2.96. The summed E-state index contributed by atoms with van der Waals surface area (Å²) >= 11 is 0. The summed E-state index contributed by atoms with van der Waals surface area (Å²) in [7, 11) is 0. The van der Waals surface area contributed by atoms with Crippen LogP contribution in [-0.4, -0.2) is 43.3 Å². The molecule has 6 nitrogen and oxygen atoms in total. The number of aromatic nitrogens is 4. The van der Waals surface area contributed by atoms with Gasteiger partial charge in [-0.1, -0.05) is 0 Å². The molecule has 0 fully saturated rings. The van der Waals surface area contributed by atoms with E-state index in [9.17, 15) is 0 Å². The molecule has 0 radical (unpaired) electrons. The van der Waals surface area contributed by atoms with Crippen LogP contribution in [0, 0.1) is 13.8 Å². The van der Waals surface area contributed by atoms with Gasteiger partial charge in [0.25, 0.3) is 0 Å². The summed E-state index contributed by atoms with van der Waals surface area (Å²) in [5.74, 6) is 0.905. The molecule has 0 amide bonds. The largest absolute Gasteiger partial charge is 0.395 e. The van der Waals surface area contributed by atoms with E-state index >= 15 is 0 Å². The molecule has 0 saturated carbocycles. The van der Waals surface area contributed by atoms with E-state index in [4.69, 9.17) is 5.11 Å². The summed E-state index contributed by atoms with van der Waals surface area (Å²) in [5.41, 5.74) is 3.28. The molecule has 0 aliphatic rings. The van der Waals surface area contributed by atoms with Crippen LogP contribution >= 0.6 is 0 Å². The van der Waals surface area contributed by atoms with E-state index in [0.29, 0.717) is 13.1 Å². The van der Waals surface area contributed by atoms with E-state index < -0.39 is 0 Å². The van der Waals surface area contributed by atoms with Crippen LogP contribution in [-0.2, 0) is 13.1 Å². The van der Waals surface area contributed by atoms with E-state index in [-0.39, 0.29) is 6.61 Å². The van der Waals surface area contributed by atoms with Gasteiger partial charge in [-0.2, -0.15) is 5.10 Å². The topological polar surface area (TPSA) is 80.8 Å². The van der Waals surface area contributed by atoms with E-state index in [1.54, 1.807) is 12.4 Å². The van der Waals surface area contributed by atoms with Crippen molar-refractivity contribution in [1.29, 1.82) is 0 Å². The Hall–Kier alpha value is -1.66. The number of aliphatic hydroxyl groups is 1. The number of aromatic amines is 2. The van der Waals surface area contributed by atoms with Crippen LogP contribution in [0.1, 0.15) is 22.8 Å². The van der Waals surface area contributed by atoms with Crippen LogP contribution in [0.5, 0.6) is 0 Å². The van der Waals surface area contributed by atoms with E-state index in [1.807, 2.05) is 13.8 Å². The molecule has 0 atom stereocenters. The lowest BCUT2D eigenvalue weighted by Crippen LogP contribution is -2.27. The SMILES string of the molecule is Cc1n[nH]c(C)c1CN(CCO)Cc1ncc[nH]1. The average Bonchev–Trinajstić information content (AvgIpc) is 2.94. The zero-order chi connectivity index (χ0) is 13.0. The number of rotatable bonds is 6. The standard InChI is InChI=1S/C12H19N5O/c1-9-11(10(2)16-15-9)7-17(5-6-18)8-12-13-3-4-14-12/h3-4,18H,5-8H2,1-2H3,(H,13,14)(H,15,16). The van der Waals surface area contributed by atoms with Crippen molar-refractivity contribution < 1.29 is 5.11 Å². The first-order valence-electron chi connectivity index (χ1n) is 6.02. The summed E-state index contributed by atoms with van der Waals surface area (Å²) in [4.78, 5) is 9.43. The zero-order valence-electron chi connectivity index (χ0n) is 10.8. The lowest BCUT2D eigenvalue weighted by Gasteiger charge is -2.20. The van der Waals surface area contributed by atoms with Crippen LogP contribution < -0.4 is 0 Å². The Morgan fingerprint density at radius 1 is 1.33 bits per heavy atom. The van der Waals surface area contributed by atoms with Crippen LogP contribution in [0.3, 0.4) is 0 Å². The molecule has 2 heterocycles. The smallest absolute Gasteiger partial charge is 0.120 e. The Balaban J connectivity index is 2.06. The van der Waals surface area contributed by atoms with E-state index in [1.165, 1.54) is 5.56 Å². The zero-order valence-corrected chi connectivity index (χ0v) is 10.8. The Morgan fingerprint density at radius 2 is 2.17 bits per heavy atom. The van der Waals surface area contributed by atoms with Crippen LogP contribution in [0.2, 0.25) is 0 Å². The maximum absolute atomic E-state index is 9.14. The van der Waals surface area contributed by atoms with Gasteiger partial charge >= 0.3 is 0 Å². The maximum atomic E-state index is 9.14. The van der Waals surface area contributed by atoms with E-state index in [2.05, 4.69) is 25.1 Å². The number of aryl methyl sites for hydroxylation is 2. The highest BCUT2D eigenvalue weighted by atomic mass is 16.3. The van der Waals surface area contributed by atoms with Crippen molar-refractivity contribution in [2.24, 2.45) is 0 Å². The summed E-state index contributed by atoms with van der Waals surface area (Å²) in [6, 6.07) is 0. The first-order chi connectivity index (χ1) is 8.70. The highest BCUT2D eigenvalue weighted by Gasteiger charge is 2.13. The summed E-state index contributed by atoms with van der Waals surface area (Å²) < 4.78 is 0. The third-order valence-electron chi connectivity index (χ3n) is 3.01. The highest BCUT2D eigenvalue weighted by Crippen LogP contribution is 2.13. The van der Waals surface area contributed by atoms with Crippen molar-refractivity contribution in [3.05, 3.63) is 35.2 Å². The minimum absolute atomic E-state index is 0.136. The first-order valence-corrected chi connectivity index (χ1v) is 6.02. The van der Waals surface area contributed by atoms with Crippen molar-refractivity contribution >= 4 is 0 Å². The maximum Gasteiger partial charge on any atom is 0.120 e. The fourth-order valence-corrected chi connectivity index (χ4v) is 1.98. The molecule has 18 heavy (non-hydrogen) atoms. The van der Waals surface area contributed by atoms with Crippen LogP contribution in [0.4, 0.5) is 0 Å². The van der Waals surface area contributed by atoms with Gasteiger partial charge in [0, 0.05) is 36.7 Å². The van der Waals surface area contributed by atoms with Crippen molar-refractivity contribution in [3.8, 4) is 0 Å². The Bertz CT molecular complexity index is 457. The quantitative estimate of drug-likeness (QED) is 0.705. The Morgan fingerprint density at radius 3 is 2.72 bits per heavy atom. The minimum atomic E-state index is 0.136. The monoisotopic (exact) mass is 249 g/mol. The van der Waals surface area contributed by atoms with Crippen molar-refractivity contribution in [1.82, 2.24) is 25.1 Å². The molecule has 2 aromatic rings. The molecule has 0 aromatic carbocycles. The Labute approximate surface area is 106 Å². The second kappa shape index (κ2) is 5.79. The fourth-order valence-electron chi connectivity index (χ4n) is 1.98. The number of nitrogens with zero attached hydrogens (tertiary/aromatic N) is 3. The van der Waals surface area contributed by atoms with Crippen molar-refractivity contribution in [3.63, 3.8) is 0 Å². The fraction of sp³-hybridized carbons (Fsp3) is 0.500. The van der Waals surface area contributed by atoms with Gasteiger partial charge < -0.3 is 10.1 Å². The summed E-state index contributed by atoms with van der Waals surface area (Å²) in [6.07, 6.45) is 3.54. The second-order valence-corrected chi connectivity index (χ2v) is 4.38. The molecular formula is C12H19N5O. The highest BCUT2D eigenvalue weighted by molar-refractivity contribution is 5.22. The van der Waals surface area contributed by atoms with Gasteiger partial charge in [-0.25, -0.2) is 4.98 Å². The van der Waals surface area contributed by atoms with Crippen molar-refractivity contribution in [2.75, 3.05) is 13.2 Å². The number of H-pyrrole nitrogens is 2. The molecule has 98 valence electrons. The van der Waals surface area contributed by atoms with Gasteiger partial charge in [0.15, 0.2) is 0 Å². The lowest BCUT2D eigenvalue weighted by molar-refractivity contribution is 0.181. The van der Waals surface area contributed by atoms with Gasteiger partial charge in [-0.3, -0.25) is 10.00 Å².